The van der Waals surface area contributed by atoms with E-state index in [0.717, 1.165) is 0 Å². The van der Waals surface area contributed by atoms with Crippen LogP contribution in [0.25, 0.3) is 11.3 Å². The molecule has 2 heteroatoms. The molecule has 0 fully saturated rings. The summed E-state index contributed by atoms with van der Waals surface area (Å²) in [5.74, 6) is 7.93. The Balaban J connectivity index is 2.63. The van der Waals surface area contributed by atoms with Gasteiger partial charge < -0.3 is 0 Å². The zero-order chi connectivity index (χ0) is 15.8. The van der Waals surface area contributed by atoms with Gasteiger partial charge in [0.1, 0.15) is 0 Å². The van der Waals surface area contributed by atoms with E-state index in [0.29, 0.717) is 5.92 Å². The van der Waals surface area contributed by atoms with Crippen LogP contribution in [0.15, 0.2) is 36.5 Å². The molecule has 1 nitrogen and oxygen atoms in total. The fourth-order valence-corrected chi connectivity index (χ4v) is 4.98. The van der Waals surface area contributed by atoms with Crippen molar-refractivity contribution in [2.45, 2.75) is 44.0 Å². The van der Waals surface area contributed by atoms with Crippen molar-refractivity contribution in [2.24, 2.45) is 7.05 Å². The number of rotatable bonds is 3. The molecule has 0 radical (unpaired) electrons. The molecule has 0 N–H and O–H groups in total. The number of nitrogens with zero attached hydrogens (tertiary/aromatic N) is 1. The molecule has 0 amide bonds. The molecule has 1 aromatic carbocycles. The van der Waals surface area contributed by atoms with Crippen molar-refractivity contribution in [3.8, 4) is 11.3 Å². The summed E-state index contributed by atoms with van der Waals surface area (Å²) in [6.07, 6.45) is 2.22. The summed E-state index contributed by atoms with van der Waals surface area (Å²) in [5.41, 5.74) is 5.48. The van der Waals surface area contributed by atoms with Gasteiger partial charge in [0.2, 0.25) is 0 Å². The molecule has 0 aliphatic rings. The van der Waals surface area contributed by atoms with Gasteiger partial charge in [-0.15, -0.1) is 0 Å². The van der Waals surface area contributed by atoms with Gasteiger partial charge >= 0.3 is 132 Å². The zero-order valence-electron chi connectivity index (χ0n) is 14.5. The Morgan fingerprint density at radius 1 is 1.00 bits per heavy atom. The summed E-state index contributed by atoms with van der Waals surface area (Å²) in [5, 5.41) is 0. The van der Waals surface area contributed by atoms with Crippen molar-refractivity contribution in [1.29, 1.82) is 0 Å². The third-order valence-corrected chi connectivity index (χ3v) is 8.51. The number of hydrogen-bond donors (Lipinski definition) is 0. The van der Waals surface area contributed by atoms with Crippen molar-refractivity contribution in [3.05, 3.63) is 47.7 Å². The standard InChI is InChI=1S/C19H28GeN/c1-14(2)16-9-8-15(3)18(12-16)19-13-17(20(4,5)6)10-11-21(19)7/h8-14H,1-7H3/q+1. The summed E-state index contributed by atoms with van der Waals surface area (Å²) in [6.45, 7) is 6.73. The molecule has 21 heavy (non-hydrogen) atoms. The van der Waals surface area contributed by atoms with Crippen LogP contribution in [-0.4, -0.2) is 13.3 Å². The molecule has 0 spiro atoms. The molecule has 1 heterocycles. The van der Waals surface area contributed by atoms with E-state index in [1.807, 2.05) is 0 Å². The molecule has 2 aromatic rings. The van der Waals surface area contributed by atoms with Crippen molar-refractivity contribution >= 4 is 17.7 Å². The number of hydrogen-bond acceptors (Lipinski definition) is 0. The first-order valence-corrected chi connectivity index (χ1v) is 15.2. The van der Waals surface area contributed by atoms with Gasteiger partial charge in [0.05, 0.1) is 0 Å². The Bertz CT molecular complexity index is 651. The quantitative estimate of drug-likeness (QED) is 0.582. The third kappa shape index (κ3) is 3.57. The van der Waals surface area contributed by atoms with E-state index in [4.69, 9.17) is 0 Å². The molecule has 0 aliphatic carbocycles. The van der Waals surface area contributed by atoms with E-state index in [1.165, 1.54) is 22.4 Å². The maximum atomic E-state index is 2.45. The second-order valence-electron chi connectivity index (χ2n) is 7.39. The van der Waals surface area contributed by atoms with Gasteiger partial charge in [-0.3, -0.25) is 0 Å². The van der Waals surface area contributed by atoms with E-state index in [9.17, 15) is 0 Å². The van der Waals surface area contributed by atoms with Crippen molar-refractivity contribution in [2.75, 3.05) is 0 Å². The van der Waals surface area contributed by atoms with E-state index in [-0.39, 0.29) is 0 Å². The number of aromatic nitrogens is 1. The maximum absolute atomic E-state index is 2.45. The molecule has 0 saturated heterocycles. The molecule has 0 saturated carbocycles. The van der Waals surface area contributed by atoms with Crippen LogP contribution in [0.1, 0.15) is 30.9 Å². The predicted octanol–water partition coefficient (Wildman–Crippen LogP) is 4.16. The zero-order valence-corrected chi connectivity index (χ0v) is 16.6. The van der Waals surface area contributed by atoms with Gasteiger partial charge in [-0.2, -0.15) is 0 Å². The third-order valence-electron chi connectivity index (χ3n) is 4.22. The SMILES string of the molecule is Cc1ccc(C(C)C)cc1-c1c[c]([Ge]([CH3])([CH3])[CH3])cc[n+]1C. The average molecular weight is 343 g/mol. The molecule has 0 unspecified atom stereocenters. The topological polar surface area (TPSA) is 3.88 Å². The van der Waals surface area contributed by atoms with Crippen LogP contribution in [0.5, 0.6) is 0 Å². The number of pyridine rings is 1. The first-order chi connectivity index (χ1) is 9.70. The van der Waals surface area contributed by atoms with Crippen LogP contribution < -0.4 is 8.96 Å². The second kappa shape index (κ2) is 5.96. The predicted molar refractivity (Wildman–Crippen MR) is 94.9 cm³/mol. The molecule has 0 bridgehead atoms. The Kier molecular flexibility index (Phi) is 4.62. The van der Waals surface area contributed by atoms with Gasteiger partial charge in [0.15, 0.2) is 0 Å². The molecular formula is C19H28GeN+. The fourth-order valence-electron chi connectivity index (χ4n) is 2.58. The normalized spacial score (nSPS) is 12.0. The first-order valence-electron chi connectivity index (χ1n) is 7.81. The van der Waals surface area contributed by atoms with Crippen molar-refractivity contribution in [3.63, 3.8) is 0 Å². The van der Waals surface area contributed by atoms with Gasteiger partial charge in [0.25, 0.3) is 0 Å². The van der Waals surface area contributed by atoms with E-state index in [1.54, 1.807) is 4.40 Å². The summed E-state index contributed by atoms with van der Waals surface area (Å²) in [7, 11) is 2.15. The Morgan fingerprint density at radius 3 is 2.24 bits per heavy atom. The van der Waals surface area contributed by atoms with Crippen LogP contribution in [0, 0.1) is 6.92 Å². The molecule has 0 atom stereocenters. The minimum absolute atomic E-state index is 0.568. The van der Waals surface area contributed by atoms with Crippen molar-refractivity contribution < 1.29 is 4.57 Å². The molecule has 0 aliphatic heterocycles. The Morgan fingerprint density at radius 2 is 1.67 bits per heavy atom. The van der Waals surface area contributed by atoms with E-state index < -0.39 is 13.3 Å². The van der Waals surface area contributed by atoms with Crippen LogP contribution in [0.3, 0.4) is 0 Å². The van der Waals surface area contributed by atoms with E-state index in [2.05, 4.69) is 86.2 Å². The molecule has 112 valence electrons. The van der Waals surface area contributed by atoms with Crippen LogP contribution >= 0.6 is 0 Å². The number of aryl methyl sites for hydroxylation is 2. The summed E-state index contributed by atoms with van der Waals surface area (Å²) in [6, 6.07) is 11.6. The molecular weight excluding hydrogens is 315 g/mol. The Labute approximate surface area is 132 Å². The molecule has 1 aromatic heterocycles. The monoisotopic (exact) mass is 344 g/mol. The minimum atomic E-state index is -1.80. The van der Waals surface area contributed by atoms with Crippen molar-refractivity contribution in [1.82, 2.24) is 0 Å². The van der Waals surface area contributed by atoms with Gasteiger partial charge in [-0.05, 0) is 0 Å². The van der Waals surface area contributed by atoms with Gasteiger partial charge in [0, 0.05) is 0 Å². The summed E-state index contributed by atoms with van der Waals surface area (Å²) in [4.78, 5) is 0. The van der Waals surface area contributed by atoms with Crippen LogP contribution in [0.4, 0.5) is 0 Å². The summed E-state index contributed by atoms with van der Waals surface area (Å²) >= 11 is -1.80. The van der Waals surface area contributed by atoms with Gasteiger partial charge in [-0.25, -0.2) is 0 Å². The number of benzene rings is 1. The Hall–Kier alpha value is -1.09. The van der Waals surface area contributed by atoms with Crippen LogP contribution in [-0.2, 0) is 7.05 Å². The average Bonchev–Trinajstić information content (AvgIpc) is 2.38. The van der Waals surface area contributed by atoms with Crippen LogP contribution in [0.2, 0.25) is 17.3 Å². The first kappa shape index (κ1) is 16.3. The molecule has 2 rings (SSSR count). The fraction of sp³-hybridized carbons (Fsp3) is 0.421. The van der Waals surface area contributed by atoms with E-state index >= 15 is 0 Å². The summed E-state index contributed by atoms with van der Waals surface area (Å²) < 4.78 is 3.82. The second-order valence-corrected chi connectivity index (χ2v) is 18.0. The van der Waals surface area contributed by atoms with Gasteiger partial charge in [-0.1, -0.05) is 0 Å².